The number of likely N-dealkylation sites (N-methyl/N-ethyl adjacent to an activating group) is 2. The fraction of sp³-hybridized carbons (Fsp3) is 0.300. The summed E-state index contributed by atoms with van der Waals surface area (Å²) in [5, 5.41) is 2.93. The first-order chi connectivity index (χ1) is 14.1. The maximum atomic E-state index is 13.0. The molecule has 0 spiro atoms. The highest BCUT2D eigenvalue weighted by Gasteiger charge is 2.29. The number of hydrogen-bond acceptors (Lipinski definition) is 4. The summed E-state index contributed by atoms with van der Waals surface area (Å²) in [7, 11) is -1.09. The minimum absolute atomic E-state index is 0.0287. The summed E-state index contributed by atoms with van der Waals surface area (Å²) in [5.74, 6) is -0.835. The van der Waals surface area contributed by atoms with E-state index in [-0.39, 0.29) is 17.3 Å². The van der Waals surface area contributed by atoms with Gasteiger partial charge in [-0.15, -0.1) is 0 Å². The number of sulfonamides is 1. The zero-order valence-corrected chi connectivity index (χ0v) is 20.0. The molecule has 30 heavy (non-hydrogen) atoms. The molecule has 0 fully saturated rings. The molecule has 0 radical (unpaired) electrons. The lowest BCUT2D eigenvalue weighted by Gasteiger charge is -2.30. The predicted octanol–water partition coefficient (Wildman–Crippen LogP) is 2.89. The first kappa shape index (κ1) is 24.3. The molecule has 7 nitrogen and oxygen atoms in total. The van der Waals surface area contributed by atoms with Crippen LogP contribution >= 0.6 is 27.5 Å². The Morgan fingerprint density at radius 3 is 2.20 bits per heavy atom. The van der Waals surface area contributed by atoms with E-state index in [0.717, 1.165) is 14.3 Å². The van der Waals surface area contributed by atoms with Crippen molar-refractivity contribution >= 4 is 49.4 Å². The van der Waals surface area contributed by atoms with Crippen molar-refractivity contribution in [1.29, 1.82) is 0 Å². The van der Waals surface area contributed by atoms with Gasteiger partial charge in [-0.1, -0.05) is 39.7 Å². The van der Waals surface area contributed by atoms with Gasteiger partial charge in [0, 0.05) is 30.1 Å². The van der Waals surface area contributed by atoms with Gasteiger partial charge in [0.2, 0.25) is 21.8 Å². The van der Waals surface area contributed by atoms with E-state index >= 15 is 0 Å². The molecule has 2 rings (SSSR count). The molecule has 0 bridgehead atoms. The van der Waals surface area contributed by atoms with Crippen molar-refractivity contribution < 1.29 is 18.0 Å². The van der Waals surface area contributed by atoms with Crippen molar-refractivity contribution in [2.24, 2.45) is 0 Å². The first-order valence-corrected chi connectivity index (χ1v) is 11.6. The standard InChI is InChI=1S/C20H23BrClN3O4S/c1-14(20(27)23-2)25(12-15-4-6-16(21)7-5-15)19(26)13-24(3)30(28,29)18-10-8-17(22)9-11-18/h4-11,14H,12-13H2,1-3H3,(H,23,27). The molecule has 162 valence electrons. The highest BCUT2D eigenvalue weighted by atomic mass is 79.9. The minimum atomic E-state index is -3.89. The van der Waals surface area contributed by atoms with Crippen LogP contribution in [0.25, 0.3) is 0 Å². The molecule has 1 N–H and O–H groups in total. The Morgan fingerprint density at radius 2 is 1.67 bits per heavy atom. The average molecular weight is 517 g/mol. The van der Waals surface area contributed by atoms with Crippen molar-refractivity contribution in [3.05, 3.63) is 63.6 Å². The van der Waals surface area contributed by atoms with Crippen LogP contribution in [0.4, 0.5) is 0 Å². The lowest BCUT2D eigenvalue weighted by molar-refractivity contribution is -0.140. The maximum absolute atomic E-state index is 13.0. The van der Waals surface area contributed by atoms with E-state index in [1.807, 2.05) is 24.3 Å². The number of carbonyl (C=O) groups excluding carboxylic acids is 2. The summed E-state index contributed by atoms with van der Waals surface area (Å²) in [6.07, 6.45) is 0. The Morgan fingerprint density at radius 1 is 1.10 bits per heavy atom. The number of halogens is 2. The number of nitrogens with zero attached hydrogens (tertiary/aromatic N) is 2. The number of carbonyl (C=O) groups is 2. The molecule has 10 heteroatoms. The van der Waals surface area contributed by atoms with Crippen molar-refractivity contribution in [2.45, 2.75) is 24.4 Å². The van der Waals surface area contributed by atoms with Gasteiger partial charge in [0.1, 0.15) is 6.04 Å². The van der Waals surface area contributed by atoms with Crippen LogP contribution in [0.1, 0.15) is 12.5 Å². The first-order valence-electron chi connectivity index (χ1n) is 9.03. The van der Waals surface area contributed by atoms with E-state index in [1.165, 1.54) is 43.3 Å². The second kappa shape index (κ2) is 10.4. The van der Waals surface area contributed by atoms with Gasteiger partial charge >= 0.3 is 0 Å². The van der Waals surface area contributed by atoms with E-state index in [0.29, 0.717) is 5.02 Å². The molecule has 0 aromatic heterocycles. The Labute approximate surface area is 190 Å². The third-order valence-electron chi connectivity index (χ3n) is 4.56. The van der Waals surface area contributed by atoms with Crippen LogP contribution in [-0.2, 0) is 26.2 Å². The van der Waals surface area contributed by atoms with Gasteiger partial charge in [-0.3, -0.25) is 9.59 Å². The lowest BCUT2D eigenvalue weighted by atomic mass is 10.1. The SMILES string of the molecule is CNC(=O)C(C)N(Cc1ccc(Br)cc1)C(=O)CN(C)S(=O)(=O)c1ccc(Cl)cc1. The molecule has 0 aliphatic rings. The molecule has 2 aromatic rings. The van der Waals surface area contributed by atoms with Gasteiger partial charge in [-0.25, -0.2) is 8.42 Å². The number of nitrogens with one attached hydrogen (secondary N) is 1. The minimum Gasteiger partial charge on any atom is -0.357 e. The van der Waals surface area contributed by atoms with E-state index in [1.54, 1.807) is 6.92 Å². The third-order valence-corrected chi connectivity index (χ3v) is 7.16. The Balaban J connectivity index is 2.24. The van der Waals surface area contributed by atoms with Crippen LogP contribution in [0.15, 0.2) is 57.9 Å². The van der Waals surface area contributed by atoms with Crippen molar-refractivity contribution in [2.75, 3.05) is 20.6 Å². The summed E-state index contributed by atoms with van der Waals surface area (Å²) in [5.41, 5.74) is 0.811. The number of benzene rings is 2. The van der Waals surface area contributed by atoms with Crippen molar-refractivity contribution in [3.63, 3.8) is 0 Å². The molecule has 0 saturated carbocycles. The fourth-order valence-corrected chi connectivity index (χ4v) is 4.24. The second-order valence-electron chi connectivity index (χ2n) is 6.65. The van der Waals surface area contributed by atoms with Crippen LogP contribution in [0, 0.1) is 0 Å². The summed E-state index contributed by atoms with van der Waals surface area (Å²) >= 11 is 9.18. The second-order valence-corrected chi connectivity index (χ2v) is 10.1. The van der Waals surface area contributed by atoms with E-state index in [9.17, 15) is 18.0 Å². The van der Waals surface area contributed by atoms with Gasteiger partial charge in [0.25, 0.3) is 0 Å². The normalized spacial score (nSPS) is 12.5. The largest absolute Gasteiger partial charge is 0.357 e. The fourth-order valence-electron chi connectivity index (χ4n) is 2.73. The maximum Gasteiger partial charge on any atom is 0.243 e. The summed E-state index contributed by atoms with van der Waals surface area (Å²) in [4.78, 5) is 26.6. The van der Waals surface area contributed by atoms with E-state index in [4.69, 9.17) is 11.6 Å². The molecule has 0 heterocycles. The molecule has 0 saturated heterocycles. The number of rotatable bonds is 8. The smallest absolute Gasteiger partial charge is 0.243 e. The van der Waals surface area contributed by atoms with Gasteiger partial charge in [-0.2, -0.15) is 4.31 Å². The van der Waals surface area contributed by atoms with Crippen molar-refractivity contribution in [3.8, 4) is 0 Å². The molecular weight excluding hydrogens is 494 g/mol. The molecule has 0 aliphatic carbocycles. The van der Waals surface area contributed by atoms with Crippen LogP contribution < -0.4 is 5.32 Å². The molecule has 1 atom stereocenters. The monoisotopic (exact) mass is 515 g/mol. The van der Waals surface area contributed by atoms with Gasteiger partial charge in [0.15, 0.2) is 0 Å². The van der Waals surface area contributed by atoms with Crippen LogP contribution in [0.2, 0.25) is 5.02 Å². The van der Waals surface area contributed by atoms with Gasteiger partial charge in [0.05, 0.1) is 11.4 Å². The van der Waals surface area contributed by atoms with Gasteiger partial charge < -0.3 is 10.2 Å². The summed E-state index contributed by atoms with van der Waals surface area (Å²) < 4.78 is 27.4. The zero-order valence-electron chi connectivity index (χ0n) is 16.8. The van der Waals surface area contributed by atoms with Crippen LogP contribution in [-0.4, -0.2) is 56.1 Å². The quantitative estimate of drug-likeness (QED) is 0.584. The Bertz CT molecular complexity index is 998. The summed E-state index contributed by atoms with van der Waals surface area (Å²) in [6, 6.07) is 12.2. The predicted molar refractivity (Wildman–Crippen MR) is 119 cm³/mol. The number of amides is 2. The van der Waals surface area contributed by atoms with E-state index in [2.05, 4.69) is 21.2 Å². The zero-order chi connectivity index (χ0) is 22.5. The molecule has 1 unspecified atom stereocenters. The Hall–Kier alpha value is -1.94. The molecular formula is C20H23BrClN3O4S. The third kappa shape index (κ3) is 6.04. The van der Waals surface area contributed by atoms with Crippen molar-refractivity contribution in [1.82, 2.24) is 14.5 Å². The highest BCUT2D eigenvalue weighted by molar-refractivity contribution is 9.10. The topological polar surface area (TPSA) is 86.8 Å². The van der Waals surface area contributed by atoms with E-state index < -0.39 is 28.5 Å². The lowest BCUT2D eigenvalue weighted by Crippen LogP contribution is -2.50. The molecule has 0 aliphatic heterocycles. The number of hydrogen-bond donors (Lipinski definition) is 1. The van der Waals surface area contributed by atoms with Gasteiger partial charge in [-0.05, 0) is 48.9 Å². The van der Waals surface area contributed by atoms with Crippen LogP contribution in [0.5, 0.6) is 0 Å². The highest BCUT2D eigenvalue weighted by Crippen LogP contribution is 2.19. The van der Waals surface area contributed by atoms with Crippen LogP contribution in [0.3, 0.4) is 0 Å². The average Bonchev–Trinajstić information content (AvgIpc) is 2.72. The summed E-state index contributed by atoms with van der Waals surface area (Å²) in [6.45, 7) is 1.35. The molecule has 2 amide bonds. The Kier molecular flexibility index (Phi) is 8.42. The molecule has 2 aromatic carbocycles.